The molecule has 0 aromatic heterocycles. The molecule has 1 N–H and O–H groups in total. The van der Waals surface area contributed by atoms with Crippen LogP contribution in [0.25, 0.3) is 0 Å². The van der Waals surface area contributed by atoms with Gasteiger partial charge in [-0.1, -0.05) is 20.8 Å². The van der Waals surface area contributed by atoms with Gasteiger partial charge < -0.3 is 5.11 Å². The van der Waals surface area contributed by atoms with Gasteiger partial charge in [0.05, 0.1) is 14.5 Å². The molecule has 1 nitrogen and oxygen atoms in total. The zero-order chi connectivity index (χ0) is 8.28. The number of hydrogen-bond acceptors (Lipinski definition) is 1. The molecule has 0 radical (unpaired) electrons. The second-order valence-electron chi connectivity index (χ2n) is 5.13. The average Bonchev–Trinajstić information content (AvgIpc) is 2.20. The van der Waals surface area contributed by atoms with Crippen LogP contribution < -0.4 is 0 Å². The Kier molecular flexibility index (Phi) is 2.11. The molecule has 3 atom stereocenters. The number of hydrogen-bond donors (Lipinski definition) is 1. The quantitative estimate of drug-likeness (QED) is 0.535. The molecule has 2 bridgehead atoms. The van der Waals surface area contributed by atoms with Gasteiger partial charge in [0.25, 0.3) is 0 Å². The van der Waals surface area contributed by atoms with Crippen LogP contribution in [0.4, 0.5) is 0 Å². The number of fused-ring (bicyclic) bond motifs is 2. The molecule has 0 aromatic carbocycles. The van der Waals surface area contributed by atoms with Crippen molar-refractivity contribution in [2.45, 2.75) is 46.1 Å². The molecular weight excluding hydrogens is 147 g/mol. The van der Waals surface area contributed by atoms with Crippen molar-refractivity contribution in [2.24, 2.45) is 16.7 Å². The zero-order valence-electron chi connectivity index (χ0n) is 7.72. The first kappa shape index (κ1) is 10.1. The van der Waals surface area contributed by atoms with Crippen LogP contribution >= 0.6 is 0 Å². The molecule has 2 rings (SSSR count). The van der Waals surface area contributed by atoms with Crippen LogP contribution in [0.5, 0.6) is 0 Å². The largest absolute Gasteiger partial charge is 0.393 e. The van der Waals surface area contributed by atoms with Gasteiger partial charge in [-0.15, -0.1) is 0 Å². The smallest absolute Gasteiger partial charge is 0.0814 e. The van der Waals surface area contributed by atoms with Crippen LogP contribution in [0.15, 0.2) is 0 Å². The van der Waals surface area contributed by atoms with Crippen molar-refractivity contribution in [3.63, 3.8) is 0 Å². The molecule has 2 aliphatic rings. The van der Waals surface area contributed by atoms with Gasteiger partial charge in [0, 0.05) is 0 Å². The van der Waals surface area contributed by atoms with E-state index in [0.717, 1.165) is 12.3 Å². The summed E-state index contributed by atoms with van der Waals surface area (Å²) in [7, 11) is 0. The van der Waals surface area contributed by atoms with E-state index in [1.165, 1.54) is 12.8 Å². The summed E-state index contributed by atoms with van der Waals surface area (Å²) in [5.74, 6) is 0.780. The summed E-state index contributed by atoms with van der Waals surface area (Å²) in [5.41, 5.74) is 0.601. The van der Waals surface area contributed by atoms with Crippen molar-refractivity contribution in [3.05, 3.63) is 0 Å². The predicted molar refractivity (Wildman–Crippen MR) is 55.2 cm³/mol. The molecule has 0 spiro atoms. The molecule has 0 heterocycles. The van der Waals surface area contributed by atoms with Crippen LogP contribution in [0.2, 0.25) is 0 Å². The van der Waals surface area contributed by atoms with E-state index in [4.69, 9.17) is 0 Å². The van der Waals surface area contributed by atoms with Crippen molar-refractivity contribution < 1.29 is 5.11 Å². The maximum Gasteiger partial charge on any atom is 0.0814 e. The second-order valence-corrected chi connectivity index (χ2v) is 5.13. The summed E-state index contributed by atoms with van der Waals surface area (Å²) in [4.78, 5) is 0. The van der Waals surface area contributed by atoms with Crippen LogP contribution in [0.3, 0.4) is 0 Å². The molecule has 2 aliphatic carbocycles. The van der Waals surface area contributed by atoms with E-state index in [-0.39, 0.29) is 19.9 Å². The van der Waals surface area contributed by atoms with E-state index >= 15 is 0 Å². The Hall–Kier alpha value is 0.0249. The summed E-state index contributed by atoms with van der Waals surface area (Å²) in [5, 5.41) is 9.81. The van der Waals surface area contributed by atoms with E-state index in [0.29, 0.717) is 5.41 Å². The number of aliphatic hydroxyl groups is 1. The Balaban J connectivity index is 0.000000720. The van der Waals surface area contributed by atoms with Crippen molar-refractivity contribution in [3.8, 4) is 0 Å². The van der Waals surface area contributed by atoms with Crippen LogP contribution in [0, 0.1) is 16.7 Å². The maximum absolute atomic E-state index is 9.81. The molecule has 3 unspecified atom stereocenters. The molecule has 2 saturated carbocycles. The minimum Gasteiger partial charge on any atom is -0.393 e. The summed E-state index contributed by atoms with van der Waals surface area (Å²) < 4.78 is 0. The second kappa shape index (κ2) is 2.51. The topological polar surface area (TPSA) is 20.2 Å². The highest BCUT2D eigenvalue weighted by molar-refractivity contribution is 5.75. The molecule has 2 fully saturated rings. The van der Waals surface area contributed by atoms with Gasteiger partial charge in [-0.2, -0.15) is 0 Å². The fourth-order valence-electron chi connectivity index (χ4n) is 3.16. The Bertz CT molecular complexity index is 190. The summed E-state index contributed by atoms with van der Waals surface area (Å²) in [6.45, 7) is 6.90. The van der Waals surface area contributed by atoms with Gasteiger partial charge in [0.1, 0.15) is 0 Å². The molecule has 12 heavy (non-hydrogen) atoms. The summed E-state index contributed by atoms with van der Waals surface area (Å²) in [6, 6.07) is 0. The van der Waals surface area contributed by atoms with Gasteiger partial charge in [-0.05, 0) is 36.0 Å². The van der Waals surface area contributed by atoms with Gasteiger partial charge in [-0.25, -0.2) is 0 Å². The van der Waals surface area contributed by atoms with E-state index in [1.54, 1.807) is 0 Å². The molecule has 70 valence electrons. The summed E-state index contributed by atoms with van der Waals surface area (Å²) in [6.07, 6.45) is 3.58. The van der Waals surface area contributed by atoms with Crippen LogP contribution in [-0.2, 0) is 0 Å². The standard InChI is InChI=1S/C10H18O.BH3/c1-9(2)7-4-5-10(9,3)8(11)6-7;/h7-8,11H,4-6H2,1-3H3;1H3. The maximum atomic E-state index is 9.81. The lowest BCUT2D eigenvalue weighted by molar-refractivity contribution is 0.0126. The first-order chi connectivity index (χ1) is 4.98. The van der Waals surface area contributed by atoms with Crippen LogP contribution in [-0.4, -0.2) is 19.6 Å². The molecule has 0 aliphatic heterocycles. The minimum atomic E-state index is -0.0313. The van der Waals surface area contributed by atoms with E-state index in [2.05, 4.69) is 20.8 Å². The lowest BCUT2D eigenvalue weighted by Crippen LogP contribution is -2.35. The first-order valence-corrected chi connectivity index (χ1v) is 4.66. The Morgan fingerprint density at radius 1 is 1.25 bits per heavy atom. The Labute approximate surface area is 77.1 Å². The molecule has 0 aromatic rings. The summed E-state index contributed by atoms with van der Waals surface area (Å²) >= 11 is 0. The van der Waals surface area contributed by atoms with E-state index in [9.17, 15) is 5.11 Å². The third-order valence-corrected chi connectivity index (χ3v) is 4.75. The third kappa shape index (κ3) is 0.848. The first-order valence-electron chi connectivity index (χ1n) is 4.66. The lowest BCUT2D eigenvalue weighted by Gasteiger charge is -2.36. The van der Waals surface area contributed by atoms with E-state index in [1.807, 2.05) is 0 Å². The van der Waals surface area contributed by atoms with Crippen molar-refractivity contribution in [1.29, 1.82) is 0 Å². The highest BCUT2D eigenvalue weighted by Crippen LogP contribution is 2.65. The highest BCUT2D eigenvalue weighted by Gasteiger charge is 2.60. The normalized spacial score (nSPS) is 49.0. The number of aliphatic hydroxyl groups excluding tert-OH is 1. The van der Waals surface area contributed by atoms with Gasteiger partial charge in [0.15, 0.2) is 0 Å². The molecule has 0 saturated heterocycles. The van der Waals surface area contributed by atoms with Gasteiger partial charge in [0.2, 0.25) is 0 Å². The highest BCUT2D eigenvalue weighted by atomic mass is 16.3. The van der Waals surface area contributed by atoms with Crippen molar-refractivity contribution >= 4 is 8.41 Å². The van der Waals surface area contributed by atoms with Crippen molar-refractivity contribution in [1.82, 2.24) is 0 Å². The zero-order valence-corrected chi connectivity index (χ0v) is 7.72. The third-order valence-electron chi connectivity index (χ3n) is 4.75. The Morgan fingerprint density at radius 3 is 2.00 bits per heavy atom. The van der Waals surface area contributed by atoms with Gasteiger partial charge in [-0.3, -0.25) is 0 Å². The van der Waals surface area contributed by atoms with Gasteiger partial charge >= 0.3 is 0 Å². The predicted octanol–water partition coefficient (Wildman–Crippen LogP) is 1.01. The fraction of sp³-hybridized carbons (Fsp3) is 1.00. The average molecular weight is 168 g/mol. The van der Waals surface area contributed by atoms with Crippen LogP contribution in [0.1, 0.15) is 40.0 Å². The molecule has 0 amide bonds. The molecular formula is C10H21BO. The Morgan fingerprint density at radius 2 is 1.83 bits per heavy atom. The minimum absolute atomic E-state index is 0. The number of rotatable bonds is 0. The monoisotopic (exact) mass is 168 g/mol. The fourth-order valence-corrected chi connectivity index (χ4v) is 3.16. The van der Waals surface area contributed by atoms with E-state index < -0.39 is 0 Å². The lowest BCUT2D eigenvalue weighted by atomic mass is 9.70. The SMILES string of the molecule is B.CC1(C)C2CCC1(C)C(O)C2. The molecule has 2 heteroatoms. The van der Waals surface area contributed by atoms with Crippen molar-refractivity contribution in [2.75, 3.05) is 0 Å².